The van der Waals surface area contributed by atoms with Gasteiger partial charge in [0.2, 0.25) is 10.0 Å². The van der Waals surface area contributed by atoms with Gasteiger partial charge in [-0.15, -0.1) is 0 Å². The second-order valence-electron chi connectivity index (χ2n) is 4.70. The summed E-state index contributed by atoms with van der Waals surface area (Å²) in [6.45, 7) is 0. The topological polar surface area (TPSA) is 131 Å². The van der Waals surface area contributed by atoms with E-state index in [4.69, 9.17) is 9.88 Å². The first-order valence-corrected chi connectivity index (χ1v) is 8.19. The molecule has 2 aromatic rings. The number of ether oxygens (including phenoxy) is 1. The van der Waals surface area contributed by atoms with Crippen LogP contribution in [0.3, 0.4) is 0 Å². The van der Waals surface area contributed by atoms with Crippen molar-refractivity contribution in [2.75, 3.05) is 7.11 Å². The number of hydrogen-bond donors (Lipinski definition) is 3. The molecule has 4 N–H and O–H groups in total. The smallest absolute Gasteiger partial charge is 0.271 e. The maximum absolute atomic E-state index is 11.9. The number of hydrogen-bond acceptors (Lipinski definition) is 6. The van der Waals surface area contributed by atoms with Gasteiger partial charge < -0.3 is 9.84 Å². The second-order valence-corrected chi connectivity index (χ2v) is 6.26. The van der Waals surface area contributed by atoms with E-state index >= 15 is 0 Å². The number of primary sulfonamides is 1. The highest BCUT2D eigenvalue weighted by Crippen LogP contribution is 2.25. The molecule has 2 rings (SSSR count). The summed E-state index contributed by atoms with van der Waals surface area (Å²) in [6.07, 6.45) is 1.37. The van der Waals surface area contributed by atoms with E-state index in [9.17, 15) is 18.3 Å². The molecule has 0 bridgehead atoms. The Hall–Kier alpha value is -2.91. The number of rotatable bonds is 5. The number of methoxy groups -OCH3 is 1. The van der Waals surface area contributed by atoms with Crippen LogP contribution in [0.5, 0.6) is 11.5 Å². The lowest BCUT2D eigenvalue weighted by molar-refractivity contribution is 0.0955. The van der Waals surface area contributed by atoms with Crippen LogP contribution in [-0.4, -0.2) is 32.8 Å². The first-order valence-electron chi connectivity index (χ1n) is 6.64. The summed E-state index contributed by atoms with van der Waals surface area (Å²) >= 11 is 0. The highest BCUT2D eigenvalue weighted by atomic mass is 32.2. The molecule has 9 heteroatoms. The number of nitrogens with zero attached hydrogens (tertiary/aromatic N) is 1. The molecule has 126 valence electrons. The molecule has 24 heavy (non-hydrogen) atoms. The van der Waals surface area contributed by atoms with Crippen molar-refractivity contribution in [1.29, 1.82) is 0 Å². The third-order valence-corrected chi connectivity index (χ3v) is 3.96. The first kappa shape index (κ1) is 17.4. The van der Waals surface area contributed by atoms with E-state index < -0.39 is 15.9 Å². The van der Waals surface area contributed by atoms with Gasteiger partial charge in [0, 0.05) is 5.56 Å². The Kier molecular flexibility index (Phi) is 5.17. The quantitative estimate of drug-likeness (QED) is 0.543. The SMILES string of the molecule is COc1cc(/C=N/NC(=O)c2ccc(S(N)(=O)=O)cc2)ccc1O. The maximum atomic E-state index is 11.9. The lowest BCUT2D eigenvalue weighted by Gasteiger charge is -2.04. The van der Waals surface area contributed by atoms with Crippen molar-refractivity contribution in [2.45, 2.75) is 4.90 Å². The number of sulfonamides is 1. The van der Waals surface area contributed by atoms with Crippen molar-refractivity contribution in [3.63, 3.8) is 0 Å². The zero-order valence-corrected chi connectivity index (χ0v) is 13.4. The Bertz CT molecular complexity index is 876. The van der Waals surface area contributed by atoms with E-state index in [1.165, 1.54) is 43.7 Å². The Morgan fingerprint density at radius 3 is 2.50 bits per heavy atom. The second kappa shape index (κ2) is 7.11. The van der Waals surface area contributed by atoms with Crippen LogP contribution in [0.2, 0.25) is 0 Å². The van der Waals surface area contributed by atoms with Crippen LogP contribution >= 0.6 is 0 Å². The number of nitrogens with two attached hydrogens (primary N) is 1. The van der Waals surface area contributed by atoms with Crippen LogP contribution in [-0.2, 0) is 10.0 Å². The number of benzene rings is 2. The van der Waals surface area contributed by atoms with E-state index in [1.807, 2.05) is 0 Å². The van der Waals surface area contributed by atoms with Crippen molar-refractivity contribution in [3.8, 4) is 11.5 Å². The minimum Gasteiger partial charge on any atom is -0.504 e. The van der Waals surface area contributed by atoms with Crippen LogP contribution < -0.4 is 15.3 Å². The number of nitrogens with one attached hydrogen (secondary N) is 1. The number of aromatic hydroxyl groups is 1. The number of amides is 1. The van der Waals surface area contributed by atoms with Crippen molar-refractivity contribution < 1.29 is 23.1 Å². The maximum Gasteiger partial charge on any atom is 0.271 e. The summed E-state index contributed by atoms with van der Waals surface area (Å²) in [6, 6.07) is 9.70. The van der Waals surface area contributed by atoms with Crippen molar-refractivity contribution in [3.05, 3.63) is 53.6 Å². The summed E-state index contributed by atoms with van der Waals surface area (Å²) in [5.41, 5.74) is 3.14. The van der Waals surface area contributed by atoms with Gasteiger partial charge in [-0.25, -0.2) is 19.0 Å². The highest BCUT2D eigenvalue weighted by molar-refractivity contribution is 7.89. The van der Waals surface area contributed by atoms with Gasteiger partial charge in [0.05, 0.1) is 18.2 Å². The largest absolute Gasteiger partial charge is 0.504 e. The van der Waals surface area contributed by atoms with Gasteiger partial charge in [0.1, 0.15) is 0 Å². The Balaban J connectivity index is 2.05. The molecule has 0 aliphatic heterocycles. The number of phenols is 1. The van der Waals surface area contributed by atoms with Gasteiger partial charge in [-0.05, 0) is 48.0 Å². The van der Waals surface area contributed by atoms with Crippen molar-refractivity contribution in [2.24, 2.45) is 10.2 Å². The zero-order valence-electron chi connectivity index (χ0n) is 12.6. The molecule has 0 aliphatic rings. The van der Waals surface area contributed by atoms with Gasteiger partial charge in [-0.1, -0.05) is 0 Å². The van der Waals surface area contributed by atoms with E-state index in [0.717, 1.165) is 0 Å². The summed E-state index contributed by atoms with van der Waals surface area (Å²) in [7, 11) is -2.38. The number of carbonyl (C=O) groups excluding carboxylic acids is 1. The fourth-order valence-electron chi connectivity index (χ4n) is 1.80. The fourth-order valence-corrected chi connectivity index (χ4v) is 2.32. The van der Waals surface area contributed by atoms with Crippen LogP contribution in [0, 0.1) is 0 Å². The molecule has 2 aromatic carbocycles. The molecule has 8 nitrogen and oxygen atoms in total. The molecule has 0 fully saturated rings. The highest BCUT2D eigenvalue weighted by Gasteiger charge is 2.09. The standard InChI is InChI=1S/C15H15N3O5S/c1-23-14-8-10(2-7-13(14)19)9-17-18-15(20)11-3-5-12(6-4-11)24(16,21)22/h2-9,19H,1H3,(H,18,20)(H2,16,21,22)/b17-9+. The van der Waals surface area contributed by atoms with Gasteiger partial charge >= 0.3 is 0 Å². The molecule has 0 atom stereocenters. The third-order valence-electron chi connectivity index (χ3n) is 3.03. The van der Waals surface area contributed by atoms with Gasteiger partial charge in [-0.3, -0.25) is 4.79 Å². The summed E-state index contributed by atoms with van der Waals surface area (Å²) in [4.78, 5) is 11.8. The zero-order chi connectivity index (χ0) is 17.7. The van der Waals surface area contributed by atoms with E-state index in [-0.39, 0.29) is 22.0 Å². The lowest BCUT2D eigenvalue weighted by atomic mass is 10.2. The average molecular weight is 349 g/mol. The molecule has 0 radical (unpaired) electrons. The van der Waals surface area contributed by atoms with Crippen molar-refractivity contribution in [1.82, 2.24) is 5.43 Å². The van der Waals surface area contributed by atoms with E-state index in [1.54, 1.807) is 12.1 Å². The Labute approximate surface area is 138 Å². The molecular weight excluding hydrogens is 334 g/mol. The van der Waals surface area contributed by atoms with Gasteiger partial charge in [0.15, 0.2) is 11.5 Å². The molecule has 0 saturated carbocycles. The minimum atomic E-state index is -3.80. The Morgan fingerprint density at radius 1 is 1.25 bits per heavy atom. The van der Waals surface area contributed by atoms with Crippen LogP contribution in [0.15, 0.2) is 52.5 Å². The molecular formula is C15H15N3O5S. The summed E-state index contributed by atoms with van der Waals surface area (Å²) < 4.78 is 27.3. The van der Waals surface area contributed by atoms with E-state index in [0.29, 0.717) is 5.56 Å². The predicted molar refractivity (Wildman–Crippen MR) is 87.5 cm³/mol. The monoisotopic (exact) mass is 349 g/mol. The molecule has 0 unspecified atom stereocenters. The lowest BCUT2D eigenvalue weighted by Crippen LogP contribution is -2.18. The molecule has 0 aliphatic carbocycles. The van der Waals surface area contributed by atoms with E-state index in [2.05, 4.69) is 10.5 Å². The first-order chi connectivity index (χ1) is 11.3. The number of hydrazone groups is 1. The Morgan fingerprint density at radius 2 is 1.92 bits per heavy atom. The van der Waals surface area contributed by atoms with Crippen molar-refractivity contribution >= 4 is 22.1 Å². The summed E-state index contributed by atoms with van der Waals surface area (Å²) in [5, 5.41) is 18.3. The minimum absolute atomic E-state index is 0.00590. The molecule has 0 aromatic heterocycles. The molecule has 0 spiro atoms. The van der Waals surface area contributed by atoms with Crippen LogP contribution in [0.4, 0.5) is 0 Å². The van der Waals surface area contributed by atoms with Crippen LogP contribution in [0.25, 0.3) is 0 Å². The average Bonchev–Trinajstić information content (AvgIpc) is 2.55. The predicted octanol–water partition coefficient (Wildman–Crippen LogP) is 0.812. The molecule has 0 heterocycles. The molecule has 1 amide bonds. The van der Waals surface area contributed by atoms with Gasteiger partial charge in [-0.2, -0.15) is 5.10 Å². The van der Waals surface area contributed by atoms with Crippen LogP contribution in [0.1, 0.15) is 15.9 Å². The number of carbonyl (C=O) groups is 1. The van der Waals surface area contributed by atoms with Gasteiger partial charge in [0.25, 0.3) is 5.91 Å². The number of phenolic OH excluding ortho intramolecular Hbond substituents is 1. The summed E-state index contributed by atoms with van der Waals surface area (Å²) in [5.74, 6) is -0.240. The molecule has 0 saturated heterocycles. The normalized spacial score (nSPS) is 11.4. The third kappa shape index (κ3) is 4.31. The fraction of sp³-hybridized carbons (Fsp3) is 0.0667.